The van der Waals surface area contributed by atoms with Crippen LogP contribution < -0.4 is 5.73 Å². The summed E-state index contributed by atoms with van der Waals surface area (Å²) in [6, 6.07) is 6.03. The van der Waals surface area contributed by atoms with Crippen molar-refractivity contribution >= 4 is 21.6 Å². The van der Waals surface area contributed by atoms with Gasteiger partial charge in [0.2, 0.25) is 0 Å². The molecule has 0 bridgehead atoms. The Morgan fingerprint density at radius 3 is 2.89 bits per heavy atom. The fourth-order valence-electron chi connectivity index (χ4n) is 1.90. The summed E-state index contributed by atoms with van der Waals surface area (Å²) < 4.78 is 2.73. The lowest BCUT2D eigenvalue weighted by molar-refractivity contribution is 0.447. The standard InChI is InChI=1S/C12H16BrN5/c1-3-4-8(2)18-12(15-16-17-18)9-5-6-10(13)11(14)7-9/h5-8H,3-4,14H2,1-2H3. The molecule has 0 aliphatic rings. The van der Waals surface area contributed by atoms with Crippen molar-refractivity contribution in [1.29, 1.82) is 0 Å². The Kier molecular flexibility index (Phi) is 3.96. The normalized spacial score (nSPS) is 12.6. The number of nitrogens with two attached hydrogens (primary N) is 1. The van der Waals surface area contributed by atoms with E-state index in [1.807, 2.05) is 22.9 Å². The fraction of sp³-hybridized carbons (Fsp3) is 0.417. The Labute approximate surface area is 115 Å². The van der Waals surface area contributed by atoms with Gasteiger partial charge in [-0.25, -0.2) is 4.68 Å². The van der Waals surface area contributed by atoms with Crippen LogP contribution in [0.3, 0.4) is 0 Å². The molecule has 1 aromatic heterocycles. The quantitative estimate of drug-likeness (QED) is 0.881. The van der Waals surface area contributed by atoms with E-state index < -0.39 is 0 Å². The molecule has 0 fully saturated rings. The van der Waals surface area contributed by atoms with Gasteiger partial charge in [-0.1, -0.05) is 13.3 Å². The maximum Gasteiger partial charge on any atom is 0.182 e. The van der Waals surface area contributed by atoms with Gasteiger partial charge in [-0.3, -0.25) is 0 Å². The van der Waals surface area contributed by atoms with Crippen LogP contribution in [0.25, 0.3) is 11.4 Å². The van der Waals surface area contributed by atoms with Crippen LogP contribution in [0.4, 0.5) is 5.69 Å². The molecule has 0 saturated carbocycles. The van der Waals surface area contributed by atoms with E-state index in [1.165, 1.54) is 0 Å². The van der Waals surface area contributed by atoms with E-state index >= 15 is 0 Å². The highest BCUT2D eigenvalue weighted by molar-refractivity contribution is 9.10. The summed E-state index contributed by atoms with van der Waals surface area (Å²) in [7, 11) is 0. The zero-order valence-corrected chi connectivity index (χ0v) is 12.1. The Bertz CT molecular complexity index is 537. The lowest BCUT2D eigenvalue weighted by atomic mass is 10.1. The number of nitrogens with zero attached hydrogens (tertiary/aromatic N) is 4. The molecule has 6 heteroatoms. The molecular weight excluding hydrogens is 294 g/mol. The molecule has 0 amide bonds. The monoisotopic (exact) mass is 309 g/mol. The second-order valence-electron chi connectivity index (χ2n) is 4.32. The largest absolute Gasteiger partial charge is 0.398 e. The number of hydrogen-bond donors (Lipinski definition) is 1. The average molecular weight is 310 g/mol. The van der Waals surface area contributed by atoms with Gasteiger partial charge >= 0.3 is 0 Å². The van der Waals surface area contributed by atoms with E-state index in [4.69, 9.17) is 5.73 Å². The third kappa shape index (κ3) is 2.53. The Balaban J connectivity index is 2.39. The van der Waals surface area contributed by atoms with Crippen molar-refractivity contribution in [1.82, 2.24) is 20.2 Å². The average Bonchev–Trinajstić information content (AvgIpc) is 2.82. The van der Waals surface area contributed by atoms with Crippen molar-refractivity contribution in [3.05, 3.63) is 22.7 Å². The second kappa shape index (κ2) is 5.48. The molecular formula is C12H16BrN5. The minimum Gasteiger partial charge on any atom is -0.398 e. The van der Waals surface area contributed by atoms with Crippen LogP contribution >= 0.6 is 15.9 Å². The Morgan fingerprint density at radius 2 is 2.22 bits per heavy atom. The van der Waals surface area contributed by atoms with Crippen molar-refractivity contribution in [2.24, 2.45) is 0 Å². The zero-order chi connectivity index (χ0) is 13.1. The van der Waals surface area contributed by atoms with Crippen molar-refractivity contribution in [2.75, 3.05) is 5.73 Å². The van der Waals surface area contributed by atoms with Crippen LogP contribution in [-0.4, -0.2) is 20.2 Å². The second-order valence-corrected chi connectivity index (χ2v) is 5.18. The van der Waals surface area contributed by atoms with E-state index in [1.54, 1.807) is 0 Å². The number of hydrogen-bond acceptors (Lipinski definition) is 4. The summed E-state index contributed by atoms with van der Waals surface area (Å²) in [6.45, 7) is 4.27. The van der Waals surface area contributed by atoms with Crippen molar-refractivity contribution in [3.63, 3.8) is 0 Å². The molecule has 2 N–H and O–H groups in total. The third-order valence-corrected chi connectivity index (χ3v) is 3.59. The number of benzene rings is 1. The molecule has 1 unspecified atom stereocenters. The Hall–Kier alpha value is -1.43. The molecule has 2 aromatic rings. The molecule has 18 heavy (non-hydrogen) atoms. The highest BCUT2D eigenvalue weighted by Gasteiger charge is 2.14. The number of anilines is 1. The first kappa shape index (κ1) is 13.0. The third-order valence-electron chi connectivity index (χ3n) is 2.87. The molecule has 2 rings (SSSR count). The van der Waals surface area contributed by atoms with Gasteiger partial charge in [0, 0.05) is 15.7 Å². The molecule has 5 nitrogen and oxygen atoms in total. The first-order valence-electron chi connectivity index (χ1n) is 5.96. The minimum absolute atomic E-state index is 0.282. The predicted octanol–water partition coefficient (Wildman–Crippen LogP) is 3.05. The molecule has 0 radical (unpaired) electrons. The predicted molar refractivity (Wildman–Crippen MR) is 75.0 cm³/mol. The first-order chi connectivity index (χ1) is 8.63. The van der Waals surface area contributed by atoms with E-state index in [9.17, 15) is 0 Å². The summed E-state index contributed by atoms with van der Waals surface area (Å²) in [4.78, 5) is 0. The number of halogens is 1. The first-order valence-corrected chi connectivity index (χ1v) is 6.76. The molecule has 96 valence electrons. The van der Waals surface area contributed by atoms with Crippen molar-refractivity contribution in [3.8, 4) is 11.4 Å². The van der Waals surface area contributed by atoms with Crippen molar-refractivity contribution in [2.45, 2.75) is 32.7 Å². The van der Waals surface area contributed by atoms with Crippen LogP contribution in [0.5, 0.6) is 0 Å². The van der Waals surface area contributed by atoms with Gasteiger partial charge in [-0.05, 0) is 57.9 Å². The minimum atomic E-state index is 0.282. The molecule has 0 aliphatic carbocycles. The smallest absolute Gasteiger partial charge is 0.182 e. The number of aromatic nitrogens is 4. The summed E-state index contributed by atoms with van der Waals surface area (Å²) in [6.07, 6.45) is 2.15. The number of tetrazole rings is 1. The van der Waals surface area contributed by atoms with Gasteiger partial charge in [-0.2, -0.15) is 0 Å². The van der Waals surface area contributed by atoms with E-state index in [0.29, 0.717) is 5.69 Å². The maximum atomic E-state index is 5.89. The summed E-state index contributed by atoms with van der Waals surface area (Å²) in [5.41, 5.74) is 7.51. The molecule has 1 heterocycles. The highest BCUT2D eigenvalue weighted by atomic mass is 79.9. The van der Waals surface area contributed by atoms with Crippen LogP contribution in [0.2, 0.25) is 0 Å². The topological polar surface area (TPSA) is 69.6 Å². The van der Waals surface area contributed by atoms with Crippen LogP contribution in [0.15, 0.2) is 22.7 Å². The zero-order valence-electron chi connectivity index (χ0n) is 10.5. The van der Waals surface area contributed by atoms with Crippen molar-refractivity contribution < 1.29 is 0 Å². The van der Waals surface area contributed by atoms with Crippen LogP contribution in [0, 0.1) is 0 Å². The summed E-state index contributed by atoms with van der Waals surface area (Å²) in [5.74, 6) is 0.759. The fourth-order valence-corrected chi connectivity index (χ4v) is 2.15. The van der Waals surface area contributed by atoms with Gasteiger partial charge in [0.15, 0.2) is 5.82 Å². The van der Waals surface area contributed by atoms with Gasteiger partial charge in [0.25, 0.3) is 0 Å². The molecule has 1 atom stereocenters. The summed E-state index contributed by atoms with van der Waals surface area (Å²) >= 11 is 3.38. The van der Waals surface area contributed by atoms with Gasteiger partial charge in [0.05, 0.1) is 6.04 Å². The van der Waals surface area contributed by atoms with E-state index in [-0.39, 0.29) is 6.04 Å². The van der Waals surface area contributed by atoms with Gasteiger partial charge in [0.1, 0.15) is 0 Å². The van der Waals surface area contributed by atoms with Crippen LogP contribution in [-0.2, 0) is 0 Å². The molecule has 1 aromatic carbocycles. The maximum absolute atomic E-state index is 5.89. The van der Waals surface area contributed by atoms with Crippen LogP contribution in [0.1, 0.15) is 32.7 Å². The molecule has 0 saturated heterocycles. The summed E-state index contributed by atoms with van der Waals surface area (Å²) in [5, 5.41) is 11.9. The molecule has 0 spiro atoms. The number of nitrogen functional groups attached to an aromatic ring is 1. The number of rotatable bonds is 4. The van der Waals surface area contributed by atoms with E-state index in [2.05, 4.69) is 45.3 Å². The lowest BCUT2D eigenvalue weighted by Crippen LogP contribution is -2.09. The van der Waals surface area contributed by atoms with Gasteiger partial charge < -0.3 is 5.73 Å². The molecule has 0 aliphatic heterocycles. The van der Waals surface area contributed by atoms with Gasteiger partial charge in [-0.15, -0.1) is 5.10 Å². The highest BCUT2D eigenvalue weighted by Crippen LogP contribution is 2.27. The Morgan fingerprint density at radius 1 is 1.44 bits per heavy atom. The SMILES string of the molecule is CCCC(C)n1nnnc1-c1ccc(Br)c(N)c1. The lowest BCUT2D eigenvalue weighted by Gasteiger charge is -2.12. The van der Waals surface area contributed by atoms with E-state index in [0.717, 1.165) is 28.7 Å².